The molecular weight excluding hydrogens is 179 g/mol. The number of carbonyl (C=O) groups excluding carboxylic acids is 1. The van der Waals surface area contributed by atoms with E-state index in [2.05, 4.69) is 11.3 Å². The van der Waals surface area contributed by atoms with E-state index in [-0.39, 0.29) is 35.3 Å². The van der Waals surface area contributed by atoms with E-state index in [0.29, 0.717) is 19.4 Å². The van der Waals surface area contributed by atoms with Crippen LogP contribution in [0.15, 0.2) is 24.5 Å². The molecular formula is C9H13NaO3. The summed E-state index contributed by atoms with van der Waals surface area (Å²) in [6.07, 6.45) is 3.53. The van der Waals surface area contributed by atoms with Crippen LogP contribution in [0, 0.1) is 0 Å². The molecule has 0 aliphatic carbocycles. The zero-order chi connectivity index (χ0) is 9.40. The molecule has 0 N–H and O–H groups in total. The molecule has 0 rings (SSSR count). The normalized spacial score (nSPS) is 10.1. The number of hydrogen-bond donors (Lipinski definition) is 0. The van der Waals surface area contributed by atoms with Crippen LogP contribution in [0.25, 0.3) is 0 Å². The summed E-state index contributed by atoms with van der Waals surface area (Å²) < 4.78 is 4.55. The summed E-state index contributed by atoms with van der Waals surface area (Å²) in [6.45, 7) is 5.46. The van der Waals surface area contributed by atoms with Gasteiger partial charge in [-0.25, -0.2) is 4.79 Å². The smallest absolute Gasteiger partial charge is 0.875 e. The summed E-state index contributed by atoms with van der Waals surface area (Å²) in [7, 11) is 0. The van der Waals surface area contributed by atoms with E-state index in [4.69, 9.17) is 0 Å². The van der Waals surface area contributed by atoms with Crippen LogP contribution in [0.1, 0.15) is 19.8 Å². The van der Waals surface area contributed by atoms with Crippen molar-refractivity contribution >= 4 is 5.97 Å². The quantitative estimate of drug-likeness (QED) is 0.163. The van der Waals surface area contributed by atoms with Crippen molar-refractivity contribution in [2.45, 2.75) is 19.8 Å². The zero-order valence-electron chi connectivity index (χ0n) is 8.21. The third-order valence-corrected chi connectivity index (χ3v) is 1.16. The maximum absolute atomic E-state index is 10.9. The molecule has 0 aromatic heterocycles. The van der Waals surface area contributed by atoms with Crippen molar-refractivity contribution in [3.05, 3.63) is 24.5 Å². The number of allylic oxidation sites excluding steroid dienone is 2. The van der Waals surface area contributed by atoms with Crippen LogP contribution >= 0.6 is 0 Å². The van der Waals surface area contributed by atoms with Gasteiger partial charge in [0.05, 0.1) is 6.61 Å². The second-order valence-corrected chi connectivity index (χ2v) is 2.19. The van der Waals surface area contributed by atoms with Gasteiger partial charge < -0.3 is 9.84 Å². The number of ether oxygens (including phenoxy) is 1. The van der Waals surface area contributed by atoms with Gasteiger partial charge in [0, 0.05) is 6.08 Å². The van der Waals surface area contributed by atoms with Gasteiger partial charge in [-0.15, -0.1) is 12.3 Å². The summed E-state index contributed by atoms with van der Waals surface area (Å²) in [5.41, 5.74) is 0. The molecule has 0 saturated carbocycles. The molecule has 0 saturated heterocycles. The van der Waals surface area contributed by atoms with Crippen LogP contribution in [0.4, 0.5) is 0 Å². The summed E-state index contributed by atoms with van der Waals surface area (Å²) >= 11 is 0. The Morgan fingerprint density at radius 3 is 2.69 bits per heavy atom. The average Bonchev–Trinajstić information content (AvgIpc) is 2.01. The number of esters is 1. The molecule has 0 aliphatic heterocycles. The molecule has 0 aromatic rings. The second-order valence-electron chi connectivity index (χ2n) is 2.19. The fourth-order valence-electron chi connectivity index (χ4n) is 0.632. The second kappa shape index (κ2) is 9.84. The van der Waals surface area contributed by atoms with Gasteiger partial charge in [0.1, 0.15) is 0 Å². The first-order chi connectivity index (χ1) is 5.70. The van der Waals surface area contributed by atoms with E-state index in [1.807, 2.05) is 0 Å². The van der Waals surface area contributed by atoms with Gasteiger partial charge in [-0.1, -0.05) is 6.08 Å². The van der Waals surface area contributed by atoms with E-state index in [9.17, 15) is 9.90 Å². The Balaban J connectivity index is 0. The minimum absolute atomic E-state index is 0. The Bertz CT molecular complexity index is 187. The van der Waals surface area contributed by atoms with Crippen LogP contribution in [-0.4, -0.2) is 12.6 Å². The van der Waals surface area contributed by atoms with Crippen LogP contribution in [0.5, 0.6) is 0 Å². The molecule has 68 valence electrons. The molecule has 0 bridgehead atoms. The van der Waals surface area contributed by atoms with Gasteiger partial charge in [-0.2, -0.15) is 0 Å². The molecule has 0 unspecified atom stereocenters. The van der Waals surface area contributed by atoms with Gasteiger partial charge in [-0.05, 0) is 19.8 Å². The van der Waals surface area contributed by atoms with Gasteiger partial charge in [0.2, 0.25) is 0 Å². The van der Waals surface area contributed by atoms with E-state index in [0.717, 1.165) is 6.08 Å². The third kappa shape index (κ3) is 9.67. The van der Waals surface area contributed by atoms with E-state index >= 15 is 0 Å². The van der Waals surface area contributed by atoms with Crippen LogP contribution < -0.4 is 34.7 Å². The van der Waals surface area contributed by atoms with Crippen LogP contribution in [0.3, 0.4) is 0 Å². The summed E-state index contributed by atoms with van der Waals surface area (Å²) in [4.78, 5) is 10.7. The first-order valence-electron chi connectivity index (χ1n) is 3.86. The zero-order valence-corrected chi connectivity index (χ0v) is 10.2. The Kier molecular flexibility index (Phi) is 11.5. The van der Waals surface area contributed by atoms with Crippen molar-refractivity contribution in [2.24, 2.45) is 0 Å². The summed E-state index contributed by atoms with van der Waals surface area (Å²) in [5.74, 6) is -0.778. The van der Waals surface area contributed by atoms with Gasteiger partial charge in [0.15, 0.2) is 0 Å². The molecule has 0 aliphatic rings. The van der Waals surface area contributed by atoms with Crippen molar-refractivity contribution < 1.29 is 44.2 Å². The molecule has 4 heteroatoms. The topological polar surface area (TPSA) is 49.4 Å². The van der Waals surface area contributed by atoms with Crippen molar-refractivity contribution in [1.82, 2.24) is 0 Å². The molecule has 0 amide bonds. The predicted octanol–water partition coefficient (Wildman–Crippen LogP) is -2.24. The van der Waals surface area contributed by atoms with Gasteiger partial charge in [-0.3, -0.25) is 0 Å². The standard InChI is InChI=1S/C9H14O3.Na/c1-3-5-6-8(10)7-9(11)12-4-2;/h3,7,10H,1,4-6H2,2H3;/q;+1/p-1/b8-7-;. The molecule has 3 nitrogen and oxygen atoms in total. The maximum Gasteiger partial charge on any atom is 1.00 e. The van der Waals surface area contributed by atoms with E-state index < -0.39 is 5.97 Å². The minimum Gasteiger partial charge on any atom is -0.875 e. The van der Waals surface area contributed by atoms with Gasteiger partial charge in [0.25, 0.3) is 0 Å². The first-order valence-corrected chi connectivity index (χ1v) is 3.86. The predicted molar refractivity (Wildman–Crippen MR) is 44.1 cm³/mol. The largest absolute Gasteiger partial charge is 1.00 e. The molecule has 0 heterocycles. The fraction of sp³-hybridized carbons (Fsp3) is 0.444. The number of carbonyl (C=O) groups is 1. The molecule has 0 radical (unpaired) electrons. The van der Waals surface area contributed by atoms with Crippen molar-refractivity contribution in [3.63, 3.8) is 0 Å². The number of rotatable bonds is 5. The monoisotopic (exact) mass is 192 g/mol. The van der Waals surface area contributed by atoms with Crippen molar-refractivity contribution in [1.29, 1.82) is 0 Å². The number of hydrogen-bond acceptors (Lipinski definition) is 3. The van der Waals surface area contributed by atoms with Crippen LogP contribution in [-0.2, 0) is 9.53 Å². The van der Waals surface area contributed by atoms with Gasteiger partial charge >= 0.3 is 35.5 Å². The Labute approximate surface area is 101 Å². The van der Waals surface area contributed by atoms with Crippen molar-refractivity contribution in [2.75, 3.05) is 6.61 Å². The maximum atomic E-state index is 10.9. The Hall–Kier alpha value is -0.250. The summed E-state index contributed by atoms with van der Waals surface area (Å²) in [5, 5.41) is 10.9. The van der Waals surface area contributed by atoms with E-state index in [1.54, 1.807) is 13.0 Å². The average molecular weight is 192 g/mol. The first kappa shape index (κ1) is 15.2. The third-order valence-electron chi connectivity index (χ3n) is 1.16. The van der Waals surface area contributed by atoms with Crippen molar-refractivity contribution in [3.8, 4) is 0 Å². The Morgan fingerprint density at radius 1 is 1.62 bits per heavy atom. The summed E-state index contributed by atoms with van der Waals surface area (Å²) in [6, 6.07) is 0. The molecule has 0 spiro atoms. The molecule has 0 atom stereocenters. The molecule has 0 aromatic carbocycles. The minimum atomic E-state index is -0.563. The SMILES string of the molecule is C=CCC/C([O-])=C/C(=O)OCC.[Na+]. The van der Waals surface area contributed by atoms with Crippen LogP contribution in [0.2, 0.25) is 0 Å². The molecule has 0 fully saturated rings. The fourth-order valence-corrected chi connectivity index (χ4v) is 0.632. The van der Waals surface area contributed by atoms with E-state index in [1.165, 1.54) is 0 Å². The Morgan fingerprint density at radius 2 is 2.23 bits per heavy atom. The molecule has 13 heavy (non-hydrogen) atoms.